The lowest BCUT2D eigenvalue weighted by Gasteiger charge is -2.29. The van der Waals surface area contributed by atoms with E-state index in [1.165, 1.54) is 0 Å². The van der Waals surface area contributed by atoms with Crippen molar-refractivity contribution in [1.82, 2.24) is 16.0 Å². The lowest BCUT2D eigenvalue weighted by molar-refractivity contribution is -0.139. The van der Waals surface area contributed by atoms with Gasteiger partial charge in [0.25, 0.3) is 0 Å². The molecule has 0 aromatic heterocycles. The van der Waals surface area contributed by atoms with Crippen LogP contribution in [0.15, 0.2) is 4.99 Å². The summed E-state index contributed by atoms with van der Waals surface area (Å²) in [6.45, 7) is 7.08. The standard InChI is InChI=1S/C20H39N7O5/c1-5-11(3)15(18(31)25-10-14(28)29)27-19(32)16(12(4)6-2)26-17(30)13(21)8-7-9-24-20(22)23/h11-13,15-16H,5-10,21H2,1-4H3,(H,25,31)(H,26,30)(H,27,32)(H,28,29)(H4,22,23,24). The number of hydrogen-bond acceptors (Lipinski definition) is 6. The van der Waals surface area contributed by atoms with Crippen LogP contribution in [0.4, 0.5) is 0 Å². The number of nitrogens with two attached hydrogens (primary N) is 3. The first-order valence-corrected chi connectivity index (χ1v) is 10.9. The molecular weight excluding hydrogens is 418 g/mol. The van der Waals surface area contributed by atoms with Gasteiger partial charge >= 0.3 is 5.97 Å². The zero-order chi connectivity index (χ0) is 24.8. The van der Waals surface area contributed by atoms with E-state index in [0.29, 0.717) is 32.2 Å². The molecule has 0 aliphatic rings. The van der Waals surface area contributed by atoms with Gasteiger partial charge < -0.3 is 38.3 Å². The zero-order valence-electron chi connectivity index (χ0n) is 19.4. The van der Waals surface area contributed by atoms with E-state index < -0.39 is 48.4 Å². The predicted molar refractivity (Wildman–Crippen MR) is 121 cm³/mol. The van der Waals surface area contributed by atoms with Crippen molar-refractivity contribution in [3.63, 3.8) is 0 Å². The Morgan fingerprint density at radius 1 is 0.906 bits per heavy atom. The Kier molecular flexibility index (Phi) is 13.6. The summed E-state index contributed by atoms with van der Waals surface area (Å²) in [6, 6.07) is -2.70. The Bertz CT molecular complexity index is 667. The quantitative estimate of drug-likeness (QED) is 0.0882. The van der Waals surface area contributed by atoms with Gasteiger partial charge in [-0.3, -0.25) is 24.2 Å². The molecule has 0 aliphatic heterocycles. The van der Waals surface area contributed by atoms with Crippen LogP contribution in [0, 0.1) is 11.8 Å². The lowest BCUT2D eigenvalue weighted by Crippen LogP contribution is -2.59. The number of nitrogens with one attached hydrogen (secondary N) is 3. The maximum absolute atomic E-state index is 13.0. The number of aliphatic carboxylic acids is 1. The normalized spacial score (nSPS) is 15.4. The number of carboxylic acid groups (broad SMARTS) is 1. The van der Waals surface area contributed by atoms with E-state index in [1.54, 1.807) is 13.8 Å². The summed E-state index contributed by atoms with van der Waals surface area (Å²) in [7, 11) is 0. The second-order valence-corrected chi connectivity index (χ2v) is 7.91. The molecule has 0 radical (unpaired) electrons. The maximum atomic E-state index is 13.0. The molecule has 0 saturated heterocycles. The zero-order valence-corrected chi connectivity index (χ0v) is 19.4. The Morgan fingerprint density at radius 3 is 1.88 bits per heavy atom. The molecule has 0 aliphatic carbocycles. The number of hydrogen-bond donors (Lipinski definition) is 7. The van der Waals surface area contributed by atoms with E-state index in [1.807, 2.05) is 13.8 Å². The lowest BCUT2D eigenvalue weighted by atomic mass is 9.94. The Balaban J connectivity index is 5.24. The monoisotopic (exact) mass is 457 g/mol. The van der Waals surface area contributed by atoms with Crippen molar-refractivity contribution in [3.8, 4) is 0 Å². The third-order valence-corrected chi connectivity index (χ3v) is 5.30. The summed E-state index contributed by atoms with van der Waals surface area (Å²) in [5, 5.41) is 16.4. The predicted octanol–water partition coefficient (Wildman–Crippen LogP) is -1.37. The SMILES string of the molecule is CCC(C)C(NC(=O)C(N)CCCN=C(N)N)C(=O)NC(C(=O)NCC(=O)O)C(C)CC. The van der Waals surface area contributed by atoms with Crippen molar-refractivity contribution in [2.75, 3.05) is 13.1 Å². The van der Waals surface area contributed by atoms with E-state index in [-0.39, 0.29) is 17.8 Å². The smallest absolute Gasteiger partial charge is 0.322 e. The molecule has 0 bridgehead atoms. The minimum atomic E-state index is -1.19. The highest BCUT2D eigenvalue weighted by atomic mass is 16.4. The van der Waals surface area contributed by atoms with Gasteiger partial charge in [0, 0.05) is 6.54 Å². The molecule has 0 fully saturated rings. The molecule has 32 heavy (non-hydrogen) atoms. The van der Waals surface area contributed by atoms with Crippen molar-refractivity contribution in [2.45, 2.75) is 71.5 Å². The highest BCUT2D eigenvalue weighted by Gasteiger charge is 2.32. The molecule has 10 N–H and O–H groups in total. The molecule has 12 heteroatoms. The Morgan fingerprint density at radius 2 is 1.41 bits per heavy atom. The minimum Gasteiger partial charge on any atom is -0.480 e. The molecule has 0 spiro atoms. The number of amides is 3. The van der Waals surface area contributed by atoms with Crippen LogP contribution in [0.1, 0.15) is 53.4 Å². The van der Waals surface area contributed by atoms with Crippen LogP contribution in [0.2, 0.25) is 0 Å². The molecule has 0 saturated carbocycles. The van der Waals surface area contributed by atoms with Crippen LogP contribution in [0.5, 0.6) is 0 Å². The summed E-state index contributed by atoms with van der Waals surface area (Å²) in [5.41, 5.74) is 16.5. The summed E-state index contributed by atoms with van der Waals surface area (Å²) < 4.78 is 0. The molecule has 5 unspecified atom stereocenters. The number of carbonyl (C=O) groups is 4. The molecule has 0 aromatic rings. The summed E-state index contributed by atoms with van der Waals surface area (Å²) >= 11 is 0. The number of guanidine groups is 1. The first-order valence-electron chi connectivity index (χ1n) is 10.9. The average Bonchev–Trinajstić information content (AvgIpc) is 2.75. The molecule has 0 aromatic carbocycles. The maximum Gasteiger partial charge on any atom is 0.322 e. The third kappa shape index (κ3) is 10.9. The van der Waals surface area contributed by atoms with E-state index in [0.717, 1.165) is 0 Å². The van der Waals surface area contributed by atoms with Gasteiger partial charge in [-0.2, -0.15) is 0 Å². The second-order valence-electron chi connectivity index (χ2n) is 7.91. The van der Waals surface area contributed by atoms with Gasteiger partial charge in [0.1, 0.15) is 18.6 Å². The topological polar surface area (TPSA) is 215 Å². The molecule has 0 heterocycles. The van der Waals surface area contributed by atoms with Crippen LogP contribution in [-0.2, 0) is 19.2 Å². The fourth-order valence-electron chi connectivity index (χ4n) is 2.83. The Labute approximate surface area is 189 Å². The fourth-order valence-corrected chi connectivity index (χ4v) is 2.83. The molecular formula is C20H39N7O5. The third-order valence-electron chi connectivity index (χ3n) is 5.30. The van der Waals surface area contributed by atoms with E-state index in [2.05, 4.69) is 20.9 Å². The van der Waals surface area contributed by atoms with E-state index in [9.17, 15) is 19.2 Å². The van der Waals surface area contributed by atoms with Gasteiger partial charge in [-0.1, -0.05) is 40.5 Å². The molecule has 3 amide bonds. The van der Waals surface area contributed by atoms with Crippen LogP contribution in [0.3, 0.4) is 0 Å². The van der Waals surface area contributed by atoms with Crippen molar-refractivity contribution in [2.24, 2.45) is 34.0 Å². The number of aliphatic imine (C=N–C) groups is 1. The van der Waals surface area contributed by atoms with E-state index >= 15 is 0 Å². The first kappa shape index (κ1) is 29.1. The highest BCUT2D eigenvalue weighted by molar-refractivity contribution is 5.94. The fraction of sp³-hybridized carbons (Fsp3) is 0.750. The molecule has 0 rings (SSSR count). The summed E-state index contributed by atoms with van der Waals surface area (Å²) in [6.07, 6.45) is 1.99. The van der Waals surface area contributed by atoms with Gasteiger partial charge in [0.15, 0.2) is 5.96 Å². The summed E-state index contributed by atoms with van der Waals surface area (Å²) in [4.78, 5) is 52.6. The van der Waals surface area contributed by atoms with Crippen LogP contribution in [-0.4, -0.2) is 66.0 Å². The number of rotatable bonds is 15. The van der Waals surface area contributed by atoms with Crippen LogP contribution < -0.4 is 33.2 Å². The van der Waals surface area contributed by atoms with Gasteiger partial charge in [-0.25, -0.2) is 0 Å². The van der Waals surface area contributed by atoms with Gasteiger partial charge in [-0.15, -0.1) is 0 Å². The molecule has 184 valence electrons. The van der Waals surface area contributed by atoms with Gasteiger partial charge in [0.2, 0.25) is 17.7 Å². The van der Waals surface area contributed by atoms with Crippen LogP contribution >= 0.6 is 0 Å². The van der Waals surface area contributed by atoms with Crippen LogP contribution in [0.25, 0.3) is 0 Å². The largest absolute Gasteiger partial charge is 0.480 e. The highest BCUT2D eigenvalue weighted by Crippen LogP contribution is 2.12. The average molecular weight is 458 g/mol. The summed E-state index contributed by atoms with van der Waals surface area (Å²) in [5.74, 6) is -3.33. The number of nitrogens with zero attached hydrogens (tertiary/aromatic N) is 1. The molecule has 12 nitrogen and oxygen atoms in total. The Hall–Kier alpha value is -2.89. The van der Waals surface area contributed by atoms with Crippen molar-refractivity contribution >= 4 is 29.7 Å². The van der Waals surface area contributed by atoms with Crippen molar-refractivity contribution in [1.29, 1.82) is 0 Å². The van der Waals surface area contributed by atoms with E-state index in [4.69, 9.17) is 22.3 Å². The number of carboxylic acids is 1. The van der Waals surface area contributed by atoms with Crippen molar-refractivity contribution < 1.29 is 24.3 Å². The van der Waals surface area contributed by atoms with Gasteiger partial charge in [0.05, 0.1) is 6.04 Å². The van der Waals surface area contributed by atoms with Gasteiger partial charge in [-0.05, 0) is 24.7 Å². The minimum absolute atomic E-state index is 0.0419. The molecule has 5 atom stereocenters. The number of carbonyl (C=O) groups excluding carboxylic acids is 3. The second kappa shape index (κ2) is 15.0. The first-order chi connectivity index (χ1) is 14.9. The van der Waals surface area contributed by atoms with Crippen molar-refractivity contribution in [3.05, 3.63) is 0 Å².